The summed E-state index contributed by atoms with van der Waals surface area (Å²) in [6, 6.07) is 0. The number of rotatable bonds is 5. The zero-order chi connectivity index (χ0) is 11.6. The lowest BCUT2D eigenvalue weighted by Gasteiger charge is -2.13. The Morgan fingerprint density at radius 3 is 2.81 bits per heavy atom. The average molecular weight is 226 g/mol. The van der Waals surface area contributed by atoms with Crippen LogP contribution in [0.4, 0.5) is 5.82 Å². The quantitative estimate of drug-likeness (QED) is 0.626. The van der Waals surface area contributed by atoms with Crippen LogP contribution in [0.1, 0.15) is 29.8 Å². The number of anilines is 1. The lowest BCUT2D eigenvalue weighted by atomic mass is 10.0. The monoisotopic (exact) mass is 226 g/mol. The van der Waals surface area contributed by atoms with Gasteiger partial charge < -0.3 is 16.2 Å². The van der Waals surface area contributed by atoms with Gasteiger partial charge in [-0.15, -0.1) is 0 Å². The summed E-state index contributed by atoms with van der Waals surface area (Å²) in [6.45, 7) is 0.669. The smallest absolute Gasteiger partial charge is 0.277 e. The molecule has 1 heterocycles. The first kappa shape index (κ1) is 10.9. The number of aliphatic hydroxyl groups excluding tert-OH is 1. The van der Waals surface area contributed by atoms with Gasteiger partial charge in [-0.3, -0.25) is 4.79 Å². The van der Waals surface area contributed by atoms with Gasteiger partial charge in [-0.25, -0.2) is 4.63 Å². The summed E-state index contributed by atoms with van der Waals surface area (Å²) in [7, 11) is 0. The Balaban J connectivity index is 1.87. The van der Waals surface area contributed by atoms with Crippen molar-refractivity contribution in [1.82, 2.24) is 15.6 Å². The van der Waals surface area contributed by atoms with Crippen molar-refractivity contribution in [1.29, 1.82) is 0 Å². The number of carbonyl (C=O) groups excluding carboxylic acids is 1. The molecular weight excluding hydrogens is 212 g/mol. The number of amides is 1. The van der Waals surface area contributed by atoms with E-state index in [-0.39, 0.29) is 29.4 Å². The van der Waals surface area contributed by atoms with E-state index in [1.807, 2.05) is 0 Å². The summed E-state index contributed by atoms with van der Waals surface area (Å²) in [6.07, 6.45) is 2.76. The maximum Gasteiger partial charge on any atom is 0.277 e. The normalized spacial score (nSPS) is 17.1. The van der Waals surface area contributed by atoms with Gasteiger partial charge in [0.25, 0.3) is 5.91 Å². The van der Waals surface area contributed by atoms with E-state index in [0.29, 0.717) is 13.0 Å². The number of aromatic nitrogens is 2. The maximum absolute atomic E-state index is 11.6. The minimum Gasteiger partial charge on any atom is -0.396 e. The van der Waals surface area contributed by atoms with Crippen LogP contribution in [-0.2, 0) is 0 Å². The fraction of sp³-hybridized carbons (Fsp3) is 0.667. The van der Waals surface area contributed by atoms with Crippen LogP contribution in [0.5, 0.6) is 0 Å². The van der Waals surface area contributed by atoms with Crippen molar-refractivity contribution in [3.05, 3.63) is 5.69 Å². The number of nitrogens with one attached hydrogen (secondary N) is 1. The van der Waals surface area contributed by atoms with Crippen LogP contribution >= 0.6 is 0 Å². The summed E-state index contributed by atoms with van der Waals surface area (Å²) >= 11 is 0. The molecule has 0 spiro atoms. The van der Waals surface area contributed by atoms with Gasteiger partial charge >= 0.3 is 0 Å². The van der Waals surface area contributed by atoms with Crippen molar-refractivity contribution in [2.45, 2.75) is 19.3 Å². The summed E-state index contributed by atoms with van der Waals surface area (Å²) in [5, 5.41) is 18.3. The number of hydrogen-bond acceptors (Lipinski definition) is 6. The van der Waals surface area contributed by atoms with Gasteiger partial charge in [-0.2, -0.15) is 0 Å². The SMILES string of the molecule is Nc1nonc1C(=O)NCC1(CCO)CC1. The van der Waals surface area contributed by atoms with E-state index in [4.69, 9.17) is 10.8 Å². The van der Waals surface area contributed by atoms with E-state index in [9.17, 15) is 4.79 Å². The van der Waals surface area contributed by atoms with Crippen LogP contribution in [0.3, 0.4) is 0 Å². The number of carbonyl (C=O) groups is 1. The summed E-state index contributed by atoms with van der Waals surface area (Å²) < 4.78 is 4.34. The summed E-state index contributed by atoms with van der Waals surface area (Å²) in [4.78, 5) is 11.6. The molecule has 1 aromatic heterocycles. The molecule has 7 heteroatoms. The first-order chi connectivity index (χ1) is 7.67. The van der Waals surface area contributed by atoms with Crippen molar-refractivity contribution < 1.29 is 14.5 Å². The molecule has 7 nitrogen and oxygen atoms in total. The Hall–Kier alpha value is -1.63. The van der Waals surface area contributed by atoms with E-state index < -0.39 is 0 Å². The lowest BCUT2D eigenvalue weighted by molar-refractivity contribution is 0.0931. The second-order valence-corrected chi connectivity index (χ2v) is 4.15. The van der Waals surface area contributed by atoms with E-state index >= 15 is 0 Å². The molecule has 1 saturated carbocycles. The highest BCUT2D eigenvalue weighted by Gasteiger charge is 2.42. The highest BCUT2D eigenvalue weighted by Crippen LogP contribution is 2.47. The Kier molecular flexibility index (Phi) is 2.78. The van der Waals surface area contributed by atoms with Crippen molar-refractivity contribution >= 4 is 11.7 Å². The van der Waals surface area contributed by atoms with E-state index in [2.05, 4.69) is 20.3 Å². The molecule has 2 rings (SSSR count). The zero-order valence-electron chi connectivity index (χ0n) is 8.77. The average Bonchev–Trinajstić information content (AvgIpc) is 2.89. The summed E-state index contributed by atoms with van der Waals surface area (Å²) in [5.41, 5.74) is 5.47. The molecule has 0 aliphatic heterocycles. The molecule has 1 amide bonds. The van der Waals surface area contributed by atoms with Gasteiger partial charge in [0, 0.05) is 13.2 Å². The first-order valence-corrected chi connectivity index (χ1v) is 5.14. The predicted octanol–water partition coefficient (Wildman–Crippen LogP) is -0.456. The second-order valence-electron chi connectivity index (χ2n) is 4.15. The van der Waals surface area contributed by atoms with Gasteiger partial charge in [-0.1, -0.05) is 0 Å². The molecule has 1 fully saturated rings. The Labute approximate surface area is 92.0 Å². The molecule has 0 atom stereocenters. The van der Waals surface area contributed by atoms with Crippen molar-refractivity contribution in [3.8, 4) is 0 Å². The first-order valence-electron chi connectivity index (χ1n) is 5.14. The van der Waals surface area contributed by atoms with E-state index in [1.54, 1.807) is 0 Å². The Morgan fingerprint density at radius 2 is 2.31 bits per heavy atom. The molecule has 0 aromatic carbocycles. The van der Waals surface area contributed by atoms with Gasteiger partial charge in [0.1, 0.15) is 0 Å². The molecule has 16 heavy (non-hydrogen) atoms. The third-order valence-electron chi connectivity index (χ3n) is 2.95. The van der Waals surface area contributed by atoms with E-state index in [1.165, 1.54) is 0 Å². The number of nitrogens with two attached hydrogens (primary N) is 1. The van der Waals surface area contributed by atoms with Crippen molar-refractivity contribution in [2.24, 2.45) is 5.41 Å². The van der Waals surface area contributed by atoms with Gasteiger partial charge in [-0.05, 0) is 35.0 Å². The zero-order valence-corrected chi connectivity index (χ0v) is 8.77. The largest absolute Gasteiger partial charge is 0.396 e. The Morgan fingerprint density at radius 1 is 1.56 bits per heavy atom. The van der Waals surface area contributed by atoms with Crippen LogP contribution in [0.2, 0.25) is 0 Å². The molecule has 1 aromatic rings. The molecule has 0 bridgehead atoms. The highest BCUT2D eigenvalue weighted by molar-refractivity contribution is 5.95. The van der Waals surface area contributed by atoms with Crippen molar-refractivity contribution in [2.75, 3.05) is 18.9 Å². The fourth-order valence-corrected chi connectivity index (χ4v) is 1.63. The van der Waals surface area contributed by atoms with Gasteiger partial charge in [0.05, 0.1) is 0 Å². The topological polar surface area (TPSA) is 114 Å². The number of hydrogen-bond donors (Lipinski definition) is 3. The van der Waals surface area contributed by atoms with Crippen LogP contribution in [0.25, 0.3) is 0 Å². The predicted molar refractivity (Wildman–Crippen MR) is 54.4 cm³/mol. The molecule has 4 N–H and O–H groups in total. The van der Waals surface area contributed by atoms with E-state index in [0.717, 1.165) is 12.8 Å². The lowest BCUT2D eigenvalue weighted by Crippen LogP contribution is -2.31. The number of nitrogen functional groups attached to an aromatic ring is 1. The number of nitrogens with zero attached hydrogens (tertiary/aromatic N) is 2. The minimum absolute atomic E-state index is 0.00972. The fourth-order valence-electron chi connectivity index (χ4n) is 1.63. The van der Waals surface area contributed by atoms with Crippen LogP contribution in [0, 0.1) is 5.41 Å². The minimum atomic E-state index is -0.386. The Bertz CT molecular complexity index is 386. The molecule has 0 radical (unpaired) electrons. The maximum atomic E-state index is 11.6. The number of aliphatic hydroxyl groups is 1. The van der Waals surface area contributed by atoms with Gasteiger partial charge in [0.15, 0.2) is 0 Å². The van der Waals surface area contributed by atoms with Crippen LogP contribution in [0.15, 0.2) is 4.63 Å². The third kappa shape index (κ3) is 2.13. The van der Waals surface area contributed by atoms with Crippen molar-refractivity contribution in [3.63, 3.8) is 0 Å². The molecule has 0 saturated heterocycles. The molecule has 1 aliphatic rings. The molecular formula is C9H14N4O3. The van der Waals surface area contributed by atoms with Crippen LogP contribution < -0.4 is 11.1 Å². The molecule has 0 unspecified atom stereocenters. The van der Waals surface area contributed by atoms with Crippen LogP contribution in [-0.4, -0.2) is 34.5 Å². The summed E-state index contributed by atoms with van der Waals surface area (Å²) in [5.74, 6) is -0.396. The standard InChI is InChI=1S/C9H14N4O3/c10-7-6(12-16-13-7)8(15)11-5-9(1-2-9)3-4-14/h14H,1-5H2,(H2,10,13)(H,11,15). The third-order valence-corrected chi connectivity index (χ3v) is 2.95. The molecule has 88 valence electrons. The van der Waals surface area contributed by atoms with Gasteiger partial charge in [0.2, 0.25) is 11.5 Å². The second kappa shape index (κ2) is 4.09. The molecule has 1 aliphatic carbocycles. The highest BCUT2D eigenvalue weighted by atomic mass is 16.6.